The maximum Gasteiger partial charge on any atom is 0.384 e. The third kappa shape index (κ3) is 3.16. The molecule has 40 heavy (non-hydrogen) atoms. The Labute approximate surface area is 227 Å². The standard InChI is InChI=1S/C33H18N6O/c1-40-21-8-9-27-25(13-21)30-18(15-34)11-19-16-36-29(14-24(19)33(30)39-27)37-17-20-12-28-23(6-4-10-35-28)32-31(20)22-5-2-3-7-26(22)38-32/h2-14,16H,1H3,(H,36,39)/p+1. The summed E-state index contributed by atoms with van der Waals surface area (Å²) in [5, 5.41) is 16.6. The van der Waals surface area contributed by atoms with Crippen molar-refractivity contribution in [1.82, 2.24) is 19.9 Å². The maximum absolute atomic E-state index is 9.93. The zero-order chi connectivity index (χ0) is 26.8. The number of hydrogen-bond donors (Lipinski definition) is 2. The van der Waals surface area contributed by atoms with Gasteiger partial charge in [0.15, 0.2) is 6.07 Å². The smallest absolute Gasteiger partial charge is 0.384 e. The summed E-state index contributed by atoms with van der Waals surface area (Å²) < 4.78 is 5.43. The lowest BCUT2D eigenvalue weighted by atomic mass is 10.0. The predicted octanol–water partition coefficient (Wildman–Crippen LogP) is 7.94. The minimum absolute atomic E-state index is 0.569. The van der Waals surface area contributed by atoms with Gasteiger partial charge in [0.2, 0.25) is 0 Å². The van der Waals surface area contributed by atoms with Crippen molar-refractivity contribution in [2.24, 2.45) is 0 Å². The quantitative estimate of drug-likeness (QED) is 0.232. The molecule has 0 spiro atoms. The molecule has 4 aromatic carbocycles. The van der Waals surface area contributed by atoms with Crippen molar-refractivity contribution in [2.45, 2.75) is 0 Å². The van der Waals surface area contributed by atoms with Crippen LogP contribution >= 0.6 is 0 Å². The van der Waals surface area contributed by atoms with Crippen LogP contribution in [-0.4, -0.2) is 27.0 Å². The zero-order valence-corrected chi connectivity index (χ0v) is 21.3. The summed E-state index contributed by atoms with van der Waals surface area (Å²) in [6.45, 7) is 0. The highest BCUT2D eigenvalue weighted by Gasteiger charge is 2.18. The number of H-pyrrole nitrogens is 2. The van der Waals surface area contributed by atoms with Crippen LogP contribution in [0.1, 0.15) is 11.1 Å². The van der Waals surface area contributed by atoms with Gasteiger partial charge in [0, 0.05) is 49.4 Å². The number of aromatic nitrogens is 4. The van der Waals surface area contributed by atoms with Gasteiger partial charge in [-0.1, -0.05) is 18.2 Å². The number of hydrogen-bond acceptors (Lipinski definition) is 4. The van der Waals surface area contributed by atoms with Crippen molar-refractivity contribution in [3.8, 4) is 17.9 Å². The Morgan fingerprint density at radius 3 is 2.45 bits per heavy atom. The second-order valence-electron chi connectivity index (χ2n) is 9.71. The second kappa shape index (κ2) is 8.29. The fraction of sp³-hybridized carbons (Fsp3) is 0.0303. The Bertz CT molecular complexity index is 2450. The van der Waals surface area contributed by atoms with E-state index in [-0.39, 0.29) is 0 Å². The van der Waals surface area contributed by atoms with E-state index in [0.29, 0.717) is 11.4 Å². The van der Waals surface area contributed by atoms with Crippen molar-refractivity contribution in [2.75, 3.05) is 7.11 Å². The number of fused-ring (bicyclic) bond motifs is 10. The van der Waals surface area contributed by atoms with E-state index < -0.39 is 0 Å². The summed E-state index contributed by atoms with van der Waals surface area (Å²) in [6.07, 6.45) is 3.77. The topological polar surface area (TPSA) is 94.7 Å². The summed E-state index contributed by atoms with van der Waals surface area (Å²) in [6, 6.07) is 29.5. The Morgan fingerprint density at radius 1 is 0.775 bits per heavy atom. The van der Waals surface area contributed by atoms with E-state index in [9.17, 15) is 5.26 Å². The Morgan fingerprint density at radius 2 is 1.57 bits per heavy atom. The van der Waals surface area contributed by atoms with E-state index in [2.05, 4.69) is 40.3 Å². The fourth-order valence-electron chi connectivity index (χ4n) is 5.66. The number of para-hydroxylation sites is 1. The molecule has 4 heterocycles. The summed E-state index contributed by atoms with van der Waals surface area (Å²) in [7, 11) is 1.63. The molecule has 7 nitrogen and oxygen atoms in total. The van der Waals surface area contributed by atoms with Crippen LogP contribution in [-0.2, 0) is 0 Å². The van der Waals surface area contributed by atoms with Crippen LogP contribution in [0.3, 0.4) is 0 Å². The van der Waals surface area contributed by atoms with Gasteiger partial charge in [-0.3, -0.25) is 0 Å². The third-order valence-corrected chi connectivity index (χ3v) is 7.49. The minimum atomic E-state index is 0.569. The van der Waals surface area contributed by atoms with Crippen LogP contribution < -0.4 is 4.74 Å². The largest absolute Gasteiger partial charge is 0.497 e. The molecule has 4 aromatic heterocycles. The average Bonchev–Trinajstić information content (AvgIpc) is 3.59. The number of nitriles is 1. The van der Waals surface area contributed by atoms with Crippen molar-refractivity contribution in [3.63, 3.8) is 0 Å². The lowest BCUT2D eigenvalue weighted by molar-refractivity contribution is 0.415. The fourth-order valence-corrected chi connectivity index (χ4v) is 5.66. The van der Waals surface area contributed by atoms with E-state index in [1.807, 2.05) is 67.0 Å². The first-order valence-corrected chi connectivity index (χ1v) is 12.8. The predicted molar refractivity (Wildman–Crippen MR) is 159 cm³/mol. The highest BCUT2D eigenvalue weighted by molar-refractivity contribution is 6.20. The van der Waals surface area contributed by atoms with Gasteiger partial charge >= 0.3 is 5.82 Å². The van der Waals surface area contributed by atoms with Crippen LogP contribution in [0.5, 0.6) is 5.75 Å². The first-order chi connectivity index (χ1) is 19.7. The van der Waals surface area contributed by atoms with Gasteiger partial charge < -0.3 is 9.72 Å². The normalized spacial score (nSPS) is 11.4. The first kappa shape index (κ1) is 22.1. The lowest BCUT2D eigenvalue weighted by Crippen LogP contribution is -1.85. The monoisotopic (exact) mass is 515 g/mol. The maximum atomic E-state index is 9.93. The van der Waals surface area contributed by atoms with Crippen LogP contribution in [0.2, 0.25) is 0 Å². The number of nitrogens with zero attached hydrogens (tertiary/aromatic N) is 4. The van der Waals surface area contributed by atoms with Crippen LogP contribution in [0, 0.1) is 17.4 Å². The van der Waals surface area contributed by atoms with E-state index in [1.54, 1.807) is 7.11 Å². The summed E-state index contributed by atoms with van der Waals surface area (Å²) in [4.78, 5) is 21.2. The SMILES string of the molecule is COc1ccc2nc3c4cc([N+]#Cc5cc6[nH]cccc6c6nc7ccccc7c56)[nH]cc4cc(C#N)c3c2c1. The van der Waals surface area contributed by atoms with Crippen LogP contribution in [0.25, 0.3) is 70.1 Å². The molecule has 0 saturated carbocycles. The van der Waals surface area contributed by atoms with Gasteiger partial charge in [0.05, 0.1) is 58.6 Å². The van der Waals surface area contributed by atoms with E-state index in [0.717, 1.165) is 76.6 Å². The van der Waals surface area contributed by atoms with Gasteiger partial charge in [0.25, 0.3) is 0 Å². The summed E-state index contributed by atoms with van der Waals surface area (Å²) in [5.74, 6) is 1.35. The molecule has 0 unspecified atom stereocenters. The van der Waals surface area contributed by atoms with Gasteiger partial charge in [-0.15, -0.1) is 0 Å². The van der Waals surface area contributed by atoms with Gasteiger partial charge in [0.1, 0.15) is 5.75 Å². The minimum Gasteiger partial charge on any atom is -0.497 e. The van der Waals surface area contributed by atoms with Crippen molar-refractivity contribution in [3.05, 3.63) is 101 Å². The van der Waals surface area contributed by atoms with E-state index >= 15 is 0 Å². The molecule has 0 aliphatic rings. The molecular weight excluding hydrogens is 496 g/mol. The van der Waals surface area contributed by atoms with Gasteiger partial charge in [-0.2, -0.15) is 10.1 Å². The summed E-state index contributed by atoms with van der Waals surface area (Å²) >= 11 is 0. The Hall–Kier alpha value is -5.92. The molecule has 0 saturated heterocycles. The molecule has 8 aromatic rings. The molecular formula is C33H19N6O+. The number of methoxy groups -OCH3 is 1. The molecule has 0 radical (unpaired) electrons. The number of aromatic amines is 2. The van der Waals surface area contributed by atoms with Crippen molar-refractivity contribution in [1.29, 1.82) is 5.26 Å². The third-order valence-electron chi connectivity index (χ3n) is 7.49. The summed E-state index contributed by atoms with van der Waals surface area (Å²) in [5.41, 5.74) is 5.82. The van der Waals surface area contributed by atoms with Crippen LogP contribution in [0.4, 0.5) is 5.82 Å². The van der Waals surface area contributed by atoms with Crippen LogP contribution in [0.15, 0.2) is 85.2 Å². The molecule has 7 heteroatoms. The second-order valence-corrected chi connectivity index (χ2v) is 9.71. The zero-order valence-electron chi connectivity index (χ0n) is 21.3. The molecule has 0 aliphatic carbocycles. The number of rotatable bonds is 1. The average molecular weight is 516 g/mol. The molecule has 186 valence electrons. The molecule has 0 bridgehead atoms. The van der Waals surface area contributed by atoms with Crippen molar-refractivity contribution >= 4 is 71.1 Å². The van der Waals surface area contributed by atoms with Crippen molar-refractivity contribution < 1.29 is 4.74 Å². The number of nitrogens with one attached hydrogen (secondary N) is 2. The molecule has 0 atom stereocenters. The first-order valence-electron chi connectivity index (χ1n) is 12.8. The Balaban J connectivity index is 1.36. The molecule has 8 rings (SSSR count). The molecule has 0 amide bonds. The Kier molecular flexibility index (Phi) is 4.58. The number of benzene rings is 4. The lowest BCUT2D eigenvalue weighted by Gasteiger charge is -2.02. The molecule has 0 fully saturated rings. The number of ether oxygens (including phenoxy) is 1. The molecule has 2 N–H and O–H groups in total. The van der Waals surface area contributed by atoms with Gasteiger partial charge in [-0.25, -0.2) is 15.0 Å². The van der Waals surface area contributed by atoms with E-state index in [1.165, 1.54) is 0 Å². The highest BCUT2D eigenvalue weighted by Crippen LogP contribution is 2.37. The van der Waals surface area contributed by atoms with E-state index in [4.69, 9.17) is 19.5 Å². The number of pyridine rings is 2. The highest BCUT2D eigenvalue weighted by atomic mass is 16.5. The molecule has 0 aliphatic heterocycles. The van der Waals surface area contributed by atoms with Gasteiger partial charge in [-0.05, 0) is 48.5 Å².